The molecule has 1 saturated heterocycles. The fourth-order valence-corrected chi connectivity index (χ4v) is 4.68. The summed E-state index contributed by atoms with van der Waals surface area (Å²) in [4.78, 5) is 15.4. The summed E-state index contributed by atoms with van der Waals surface area (Å²) in [5.41, 5.74) is 3.56. The monoisotopic (exact) mass is 429 g/mol. The van der Waals surface area contributed by atoms with E-state index >= 15 is 0 Å². The number of urea groups is 1. The van der Waals surface area contributed by atoms with Crippen molar-refractivity contribution >= 4 is 33.7 Å². The first-order valence-electron chi connectivity index (χ1n) is 11.0. The predicted octanol–water partition coefficient (Wildman–Crippen LogP) is 4.82. The molecule has 6 heteroatoms. The van der Waals surface area contributed by atoms with Crippen LogP contribution in [0.2, 0.25) is 0 Å². The SMILES string of the molecule is COCCN1C[C@@H](NC(=O)Nc2cccc3oc4ccccc4c23)[C@H](c2ccccc2)C1. The second-order valence-electron chi connectivity index (χ2n) is 8.25. The molecule has 1 aliphatic heterocycles. The molecule has 6 nitrogen and oxygen atoms in total. The van der Waals surface area contributed by atoms with Crippen LogP contribution in [0.15, 0.2) is 77.2 Å². The van der Waals surface area contributed by atoms with Crippen LogP contribution < -0.4 is 10.6 Å². The maximum Gasteiger partial charge on any atom is 0.319 e. The summed E-state index contributed by atoms with van der Waals surface area (Å²) in [5, 5.41) is 8.21. The van der Waals surface area contributed by atoms with E-state index in [0.29, 0.717) is 6.61 Å². The van der Waals surface area contributed by atoms with Gasteiger partial charge in [-0.05, 0) is 23.8 Å². The smallest absolute Gasteiger partial charge is 0.319 e. The molecule has 0 saturated carbocycles. The Hall–Kier alpha value is -3.35. The van der Waals surface area contributed by atoms with Gasteiger partial charge in [0, 0.05) is 38.0 Å². The molecule has 0 radical (unpaired) electrons. The summed E-state index contributed by atoms with van der Waals surface area (Å²) < 4.78 is 11.2. The highest BCUT2D eigenvalue weighted by Gasteiger charge is 2.34. The number of hydrogen-bond donors (Lipinski definition) is 2. The van der Waals surface area contributed by atoms with Crippen LogP contribution in [0.4, 0.5) is 10.5 Å². The summed E-state index contributed by atoms with van der Waals surface area (Å²) in [6, 6.07) is 23.8. The van der Waals surface area contributed by atoms with E-state index in [4.69, 9.17) is 9.15 Å². The highest BCUT2D eigenvalue weighted by molar-refractivity contribution is 6.13. The van der Waals surface area contributed by atoms with Gasteiger partial charge in [0.25, 0.3) is 0 Å². The Morgan fingerprint density at radius 3 is 2.62 bits per heavy atom. The van der Waals surface area contributed by atoms with Gasteiger partial charge in [-0.15, -0.1) is 0 Å². The number of para-hydroxylation sites is 1. The van der Waals surface area contributed by atoms with Crippen molar-refractivity contribution in [1.29, 1.82) is 0 Å². The molecule has 2 atom stereocenters. The number of nitrogens with zero attached hydrogens (tertiary/aromatic N) is 1. The summed E-state index contributed by atoms with van der Waals surface area (Å²) >= 11 is 0. The Morgan fingerprint density at radius 2 is 1.78 bits per heavy atom. The van der Waals surface area contributed by atoms with Gasteiger partial charge < -0.3 is 19.8 Å². The molecular formula is C26H27N3O3. The third-order valence-corrected chi connectivity index (χ3v) is 6.20. The van der Waals surface area contributed by atoms with Crippen LogP contribution in [0.3, 0.4) is 0 Å². The van der Waals surface area contributed by atoms with Gasteiger partial charge in [0.05, 0.1) is 23.7 Å². The van der Waals surface area contributed by atoms with Gasteiger partial charge in [0.1, 0.15) is 11.2 Å². The van der Waals surface area contributed by atoms with Gasteiger partial charge in [0.2, 0.25) is 0 Å². The minimum atomic E-state index is -0.206. The molecule has 4 aromatic rings. The van der Waals surface area contributed by atoms with Crippen molar-refractivity contribution in [3.05, 3.63) is 78.4 Å². The minimum absolute atomic E-state index is 0.00885. The third kappa shape index (κ3) is 4.07. The van der Waals surface area contributed by atoms with Crippen LogP contribution in [0.1, 0.15) is 11.5 Å². The van der Waals surface area contributed by atoms with Crippen LogP contribution in [0.5, 0.6) is 0 Å². The molecule has 3 aromatic carbocycles. The topological polar surface area (TPSA) is 66.7 Å². The normalized spacial score (nSPS) is 18.9. The zero-order chi connectivity index (χ0) is 21.9. The van der Waals surface area contributed by atoms with E-state index in [1.165, 1.54) is 5.56 Å². The lowest BCUT2D eigenvalue weighted by Crippen LogP contribution is -2.42. The number of nitrogens with one attached hydrogen (secondary N) is 2. The van der Waals surface area contributed by atoms with E-state index in [1.54, 1.807) is 7.11 Å². The van der Waals surface area contributed by atoms with Crippen molar-refractivity contribution in [2.24, 2.45) is 0 Å². The summed E-state index contributed by atoms with van der Waals surface area (Å²) in [7, 11) is 1.72. The van der Waals surface area contributed by atoms with Gasteiger partial charge >= 0.3 is 6.03 Å². The van der Waals surface area contributed by atoms with Crippen molar-refractivity contribution in [1.82, 2.24) is 10.2 Å². The largest absolute Gasteiger partial charge is 0.456 e. The van der Waals surface area contributed by atoms with Crippen molar-refractivity contribution in [3.8, 4) is 0 Å². The molecule has 0 spiro atoms. The molecule has 2 heterocycles. The van der Waals surface area contributed by atoms with Gasteiger partial charge in [-0.2, -0.15) is 0 Å². The molecule has 5 rings (SSSR count). The van der Waals surface area contributed by atoms with Crippen molar-refractivity contribution in [2.45, 2.75) is 12.0 Å². The second kappa shape index (κ2) is 9.02. The molecule has 32 heavy (non-hydrogen) atoms. The molecule has 1 aromatic heterocycles. The standard InChI is InChI=1S/C26H27N3O3/c1-31-15-14-29-16-20(18-8-3-2-4-9-18)22(17-29)28-26(30)27-21-11-7-13-24-25(21)19-10-5-6-12-23(19)32-24/h2-13,20,22H,14-17H2,1H3,(H2,27,28,30)/t20-,22+/m0/s1. The Labute approximate surface area is 187 Å². The number of amides is 2. The van der Waals surface area contributed by atoms with Crippen LogP contribution in [-0.4, -0.2) is 50.3 Å². The Kier molecular flexibility index (Phi) is 5.79. The highest BCUT2D eigenvalue weighted by atomic mass is 16.5. The maximum atomic E-state index is 13.1. The van der Waals surface area contributed by atoms with Crippen LogP contribution in [-0.2, 0) is 4.74 Å². The molecule has 0 aliphatic carbocycles. The Bertz CT molecular complexity index is 1220. The number of fused-ring (bicyclic) bond motifs is 3. The molecule has 164 valence electrons. The summed E-state index contributed by atoms with van der Waals surface area (Å²) in [6.45, 7) is 3.20. The third-order valence-electron chi connectivity index (χ3n) is 6.20. The highest BCUT2D eigenvalue weighted by Crippen LogP contribution is 2.34. The molecule has 1 fully saturated rings. The zero-order valence-corrected chi connectivity index (χ0v) is 18.1. The first kappa shape index (κ1) is 20.5. The second-order valence-corrected chi connectivity index (χ2v) is 8.25. The van der Waals surface area contributed by atoms with Crippen LogP contribution in [0.25, 0.3) is 21.9 Å². The number of carbonyl (C=O) groups is 1. The average Bonchev–Trinajstić information content (AvgIpc) is 3.39. The number of benzene rings is 3. The van der Waals surface area contributed by atoms with Gasteiger partial charge in [-0.25, -0.2) is 4.79 Å². The maximum absolute atomic E-state index is 13.1. The lowest BCUT2D eigenvalue weighted by atomic mass is 9.94. The lowest BCUT2D eigenvalue weighted by molar-refractivity contribution is 0.159. The van der Waals surface area contributed by atoms with E-state index < -0.39 is 0 Å². The van der Waals surface area contributed by atoms with Crippen molar-refractivity contribution in [2.75, 3.05) is 38.7 Å². The van der Waals surface area contributed by atoms with Crippen LogP contribution in [0, 0.1) is 0 Å². The Morgan fingerprint density at radius 1 is 1.00 bits per heavy atom. The van der Waals surface area contributed by atoms with E-state index in [2.05, 4.69) is 39.8 Å². The lowest BCUT2D eigenvalue weighted by Gasteiger charge is -2.20. The quantitative estimate of drug-likeness (QED) is 0.461. The Balaban J connectivity index is 1.37. The number of likely N-dealkylation sites (tertiary alicyclic amines) is 1. The van der Waals surface area contributed by atoms with Crippen molar-refractivity contribution in [3.63, 3.8) is 0 Å². The van der Waals surface area contributed by atoms with E-state index in [-0.39, 0.29) is 18.0 Å². The number of rotatable bonds is 6. The number of carbonyl (C=O) groups excluding carboxylic acids is 1. The molecule has 0 bridgehead atoms. The van der Waals surface area contributed by atoms with Gasteiger partial charge in [0.15, 0.2) is 0 Å². The first-order valence-corrected chi connectivity index (χ1v) is 11.0. The molecular weight excluding hydrogens is 402 g/mol. The number of ether oxygens (including phenoxy) is 1. The molecule has 2 amide bonds. The predicted molar refractivity (Wildman–Crippen MR) is 127 cm³/mol. The fourth-order valence-electron chi connectivity index (χ4n) is 4.68. The summed E-state index contributed by atoms with van der Waals surface area (Å²) in [6.07, 6.45) is 0. The number of furan rings is 1. The molecule has 1 aliphatic rings. The van der Waals surface area contributed by atoms with E-state index in [0.717, 1.165) is 47.3 Å². The number of anilines is 1. The van der Waals surface area contributed by atoms with E-state index in [9.17, 15) is 4.79 Å². The molecule has 2 N–H and O–H groups in total. The van der Waals surface area contributed by atoms with Crippen LogP contribution >= 0.6 is 0 Å². The van der Waals surface area contributed by atoms with E-state index in [1.807, 2.05) is 48.5 Å². The van der Waals surface area contributed by atoms with Gasteiger partial charge in [-0.1, -0.05) is 54.6 Å². The minimum Gasteiger partial charge on any atom is -0.456 e. The number of methoxy groups -OCH3 is 1. The first-order chi connectivity index (χ1) is 15.7. The zero-order valence-electron chi connectivity index (χ0n) is 18.1. The molecule has 0 unspecified atom stereocenters. The average molecular weight is 430 g/mol. The van der Waals surface area contributed by atoms with Crippen molar-refractivity contribution < 1.29 is 13.9 Å². The van der Waals surface area contributed by atoms with Gasteiger partial charge in [-0.3, -0.25) is 4.90 Å². The fraction of sp³-hybridized carbons (Fsp3) is 0.269. The number of hydrogen-bond acceptors (Lipinski definition) is 4. The summed E-state index contributed by atoms with van der Waals surface area (Å²) in [5.74, 6) is 0.226.